The molecule has 0 saturated carbocycles. The monoisotopic (exact) mass is 501 g/mol. The van der Waals surface area contributed by atoms with Crippen LogP contribution in [0.1, 0.15) is 49.2 Å². The van der Waals surface area contributed by atoms with Crippen LogP contribution in [0.5, 0.6) is 5.75 Å². The van der Waals surface area contributed by atoms with Gasteiger partial charge in [0.05, 0.1) is 26.7 Å². The Hall–Kier alpha value is -2.94. The molecule has 172 valence electrons. The maximum atomic E-state index is 11.1. The maximum Gasteiger partial charge on any atom is 0.337 e. The van der Waals surface area contributed by atoms with E-state index in [4.69, 9.17) is 28.9 Å². The van der Waals surface area contributed by atoms with Crippen molar-refractivity contribution in [3.05, 3.63) is 69.6 Å². The fourth-order valence-electron chi connectivity index (χ4n) is 3.05. The molecule has 1 aromatic heterocycles. The number of carboxylic acids is 1. The minimum atomic E-state index is -1.10. The molecule has 6 nitrogen and oxygen atoms in total. The molecule has 0 fully saturated rings. The largest absolute Gasteiger partial charge is 0.506 e. The Labute approximate surface area is 206 Å². The van der Waals surface area contributed by atoms with Gasteiger partial charge in [-0.15, -0.1) is 11.3 Å². The summed E-state index contributed by atoms with van der Waals surface area (Å²) in [4.78, 5) is 11.8. The molecule has 3 aromatic rings. The van der Waals surface area contributed by atoms with E-state index in [0.29, 0.717) is 17.0 Å². The topological polar surface area (TPSA) is 94.0 Å². The molecule has 0 aliphatic carbocycles. The molecular formula is C24H24ClN3O3S2. The van der Waals surface area contributed by atoms with Crippen LogP contribution >= 0.6 is 35.2 Å². The molecule has 33 heavy (non-hydrogen) atoms. The average Bonchev–Trinajstić information content (AvgIpc) is 3.12. The molecule has 0 atom stereocenters. The van der Waals surface area contributed by atoms with Crippen LogP contribution in [-0.4, -0.2) is 27.0 Å². The molecule has 9 heteroatoms. The number of carboxylic acid groups (broad SMARTS) is 1. The number of nitrogens with zero attached hydrogens (tertiary/aromatic N) is 1. The van der Waals surface area contributed by atoms with Crippen molar-refractivity contribution in [1.29, 1.82) is 0 Å². The number of hydrogen-bond donors (Lipinski definition) is 4. The number of benzene rings is 2. The van der Waals surface area contributed by atoms with Gasteiger partial charge in [-0.05, 0) is 53.9 Å². The van der Waals surface area contributed by atoms with Gasteiger partial charge in [-0.1, -0.05) is 56.6 Å². The van der Waals surface area contributed by atoms with Crippen molar-refractivity contribution in [3.8, 4) is 16.2 Å². The van der Waals surface area contributed by atoms with Gasteiger partial charge in [0.2, 0.25) is 0 Å². The van der Waals surface area contributed by atoms with Gasteiger partial charge >= 0.3 is 5.97 Å². The zero-order chi connectivity index (χ0) is 24.3. The first-order valence-corrected chi connectivity index (χ1v) is 11.7. The molecule has 0 bridgehead atoms. The highest BCUT2D eigenvalue weighted by Gasteiger charge is 2.17. The standard InChI is InChI=1S/C24H24ClN3O3S2/c1-13(27-28-23(32)26-16-9-10-17(22(30)31)19(25)11-16)18-12-33-21(20(18)29)14-5-7-15(8-6-14)24(2,3)4/h5-12,29H,1-4H3,(H,30,31)(H2,26,28,32). The van der Waals surface area contributed by atoms with Crippen molar-refractivity contribution in [2.75, 3.05) is 5.32 Å². The number of carbonyl (C=O) groups is 1. The Morgan fingerprint density at radius 2 is 1.79 bits per heavy atom. The smallest absolute Gasteiger partial charge is 0.337 e. The Morgan fingerprint density at radius 3 is 2.36 bits per heavy atom. The number of thiophene rings is 1. The summed E-state index contributed by atoms with van der Waals surface area (Å²) in [5.41, 5.74) is 6.66. The number of thiocarbonyl (C=S) groups is 1. The maximum absolute atomic E-state index is 11.1. The molecule has 4 N–H and O–H groups in total. The normalized spacial score (nSPS) is 11.8. The molecular weight excluding hydrogens is 478 g/mol. The van der Waals surface area contributed by atoms with E-state index in [1.807, 2.05) is 17.5 Å². The Morgan fingerprint density at radius 1 is 1.12 bits per heavy atom. The molecule has 2 aromatic carbocycles. The average molecular weight is 502 g/mol. The van der Waals surface area contributed by atoms with Crippen molar-refractivity contribution in [2.45, 2.75) is 33.1 Å². The van der Waals surface area contributed by atoms with E-state index in [9.17, 15) is 9.90 Å². The van der Waals surface area contributed by atoms with Crippen LogP contribution in [0, 0.1) is 0 Å². The van der Waals surface area contributed by atoms with Crippen molar-refractivity contribution in [3.63, 3.8) is 0 Å². The number of rotatable bonds is 5. The van der Waals surface area contributed by atoms with E-state index in [1.54, 1.807) is 13.0 Å². The number of anilines is 1. The summed E-state index contributed by atoms with van der Waals surface area (Å²) < 4.78 is 0. The first-order valence-electron chi connectivity index (χ1n) is 10.0. The third-order valence-corrected chi connectivity index (χ3v) is 6.47. The first-order chi connectivity index (χ1) is 15.5. The highest BCUT2D eigenvalue weighted by molar-refractivity contribution is 7.80. The Bertz CT molecular complexity index is 1230. The predicted octanol–water partition coefficient (Wildman–Crippen LogP) is 6.48. The van der Waals surface area contributed by atoms with Crippen molar-refractivity contribution in [2.24, 2.45) is 5.10 Å². The van der Waals surface area contributed by atoms with Gasteiger partial charge in [0.25, 0.3) is 0 Å². The van der Waals surface area contributed by atoms with Gasteiger partial charge in [0.15, 0.2) is 5.11 Å². The van der Waals surface area contributed by atoms with E-state index in [1.165, 1.54) is 29.0 Å². The number of hydrazone groups is 1. The van der Waals surface area contributed by atoms with E-state index < -0.39 is 5.97 Å². The molecule has 0 unspecified atom stereocenters. The van der Waals surface area contributed by atoms with E-state index in [2.05, 4.69) is 48.7 Å². The van der Waals surface area contributed by atoms with Crippen LogP contribution in [0.25, 0.3) is 10.4 Å². The van der Waals surface area contributed by atoms with Crippen LogP contribution in [0.2, 0.25) is 5.02 Å². The number of aromatic hydroxyl groups is 1. The van der Waals surface area contributed by atoms with Crippen LogP contribution in [0.3, 0.4) is 0 Å². The zero-order valence-electron chi connectivity index (χ0n) is 18.6. The van der Waals surface area contributed by atoms with E-state index in [0.717, 1.165) is 10.4 Å². The number of hydrogen-bond acceptors (Lipinski definition) is 5. The zero-order valence-corrected chi connectivity index (χ0v) is 21.0. The third kappa shape index (κ3) is 5.90. The summed E-state index contributed by atoms with van der Waals surface area (Å²) in [6, 6.07) is 12.6. The lowest BCUT2D eigenvalue weighted by Crippen LogP contribution is -2.25. The summed E-state index contributed by atoms with van der Waals surface area (Å²) in [7, 11) is 0. The molecule has 0 saturated heterocycles. The molecule has 1 heterocycles. The van der Waals surface area contributed by atoms with Gasteiger partial charge in [-0.3, -0.25) is 5.43 Å². The summed E-state index contributed by atoms with van der Waals surface area (Å²) in [5, 5.41) is 29.1. The Balaban J connectivity index is 1.70. The molecule has 0 aliphatic heterocycles. The Kier molecular flexibility index (Phi) is 7.41. The highest BCUT2D eigenvalue weighted by atomic mass is 35.5. The lowest BCUT2D eigenvalue weighted by Gasteiger charge is -2.19. The van der Waals surface area contributed by atoms with Gasteiger partial charge in [-0.2, -0.15) is 5.10 Å². The molecule has 0 aliphatic rings. The number of aromatic carboxylic acids is 1. The second-order valence-electron chi connectivity index (χ2n) is 8.42. The van der Waals surface area contributed by atoms with E-state index >= 15 is 0 Å². The summed E-state index contributed by atoms with van der Waals surface area (Å²) in [5.74, 6) is -0.936. The van der Waals surface area contributed by atoms with E-state index in [-0.39, 0.29) is 26.9 Å². The van der Waals surface area contributed by atoms with Gasteiger partial charge in [-0.25, -0.2) is 4.79 Å². The first kappa shape index (κ1) is 24.7. The predicted molar refractivity (Wildman–Crippen MR) is 140 cm³/mol. The molecule has 0 radical (unpaired) electrons. The summed E-state index contributed by atoms with van der Waals surface area (Å²) in [6.45, 7) is 8.25. The van der Waals surface area contributed by atoms with Crippen LogP contribution in [0.4, 0.5) is 5.69 Å². The van der Waals surface area contributed by atoms with Gasteiger partial charge in [0.1, 0.15) is 5.75 Å². The number of halogens is 1. The van der Waals surface area contributed by atoms with Crippen molar-refractivity contribution in [1.82, 2.24) is 5.43 Å². The highest BCUT2D eigenvalue weighted by Crippen LogP contribution is 2.39. The molecule has 0 amide bonds. The van der Waals surface area contributed by atoms with Crippen molar-refractivity contribution < 1.29 is 15.0 Å². The third-order valence-electron chi connectivity index (χ3n) is 4.95. The quantitative estimate of drug-likeness (QED) is 0.181. The minimum Gasteiger partial charge on any atom is -0.506 e. The fourth-order valence-corrected chi connectivity index (χ4v) is 4.49. The van der Waals surface area contributed by atoms with Crippen molar-refractivity contribution >= 4 is 57.6 Å². The number of nitrogens with one attached hydrogen (secondary N) is 2. The van der Waals surface area contributed by atoms with Crippen LogP contribution < -0.4 is 10.7 Å². The molecule has 0 spiro atoms. The summed E-state index contributed by atoms with van der Waals surface area (Å²) in [6.07, 6.45) is 0. The second kappa shape index (κ2) is 9.91. The SMILES string of the molecule is CC(=NNC(=S)Nc1ccc(C(=O)O)c(Cl)c1)c1csc(-c2ccc(C(C)(C)C)cc2)c1O. The van der Waals surface area contributed by atoms with Gasteiger partial charge in [0, 0.05) is 11.1 Å². The van der Waals surface area contributed by atoms with Gasteiger partial charge < -0.3 is 15.5 Å². The lowest BCUT2D eigenvalue weighted by molar-refractivity contribution is 0.0697. The molecule has 3 rings (SSSR count). The summed E-state index contributed by atoms with van der Waals surface area (Å²) >= 11 is 12.7. The van der Waals surface area contributed by atoms with Crippen LogP contribution in [-0.2, 0) is 5.41 Å². The lowest BCUT2D eigenvalue weighted by atomic mass is 9.86. The minimum absolute atomic E-state index is 0.00624. The van der Waals surface area contributed by atoms with Crippen LogP contribution in [0.15, 0.2) is 52.9 Å². The fraction of sp³-hybridized carbons (Fsp3) is 0.208. The second-order valence-corrected chi connectivity index (χ2v) is 10.1.